The molecule has 0 saturated heterocycles. The van der Waals surface area contributed by atoms with Gasteiger partial charge in [-0.25, -0.2) is 4.79 Å². The van der Waals surface area contributed by atoms with E-state index in [-0.39, 0.29) is 0 Å². The van der Waals surface area contributed by atoms with Gasteiger partial charge < -0.3 is 14.8 Å². The Morgan fingerprint density at radius 2 is 1.54 bits per heavy atom. The molecule has 0 aliphatic carbocycles. The van der Waals surface area contributed by atoms with Gasteiger partial charge in [-0.1, -0.05) is 23.2 Å². The fourth-order valence-corrected chi connectivity index (χ4v) is 2.00. The molecule has 2 aromatic carbocycles. The number of esters is 1. The van der Waals surface area contributed by atoms with Crippen molar-refractivity contribution < 1.29 is 19.1 Å². The van der Waals surface area contributed by atoms with Crippen LogP contribution in [0.15, 0.2) is 48.5 Å². The number of carbonyl (C=O) groups excluding carboxylic acids is 2. The summed E-state index contributed by atoms with van der Waals surface area (Å²) in [6, 6.07) is 13.2. The van der Waals surface area contributed by atoms with Crippen molar-refractivity contribution in [2.45, 2.75) is 13.0 Å². The molecule has 5 nitrogen and oxygen atoms in total. The topological polar surface area (TPSA) is 64.6 Å². The quantitative estimate of drug-likeness (QED) is 0.785. The minimum atomic E-state index is -0.852. The molecule has 0 aliphatic heterocycles. The Morgan fingerprint density at radius 3 is 2.12 bits per heavy atom. The first-order chi connectivity index (χ1) is 11.4. The van der Waals surface area contributed by atoms with Crippen molar-refractivity contribution in [3.63, 3.8) is 0 Å². The number of hydrogen-bond acceptors (Lipinski definition) is 4. The summed E-state index contributed by atoms with van der Waals surface area (Å²) in [7, 11) is 0. The van der Waals surface area contributed by atoms with E-state index in [9.17, 15) is 9.59 Å². The lowest BCUT2D eigenvalue weighted by atomic mass is 10.3. The molecular weight excluding hydrogens is 353 g/mol. The predicted octanol–water partition coefficient (Wildman–Crippen LogP) is 3.94. The van der Waals surface area contributed by atoms with Crippen molar-refractivity contribution >= 4 is 40.8 Å². The largest absolute Gasteiger partial charge is 0.479 e. The van der Waals surface area contributed by atoms with E-state index >= 15 is 0 Å². The molecule has 0 spiro atoms. The summed E-state index contributed by atoms with van der Waals surface area (Å²) in [4.78, 5) is 23.6. The highest BCUT2D eigenvalue weighted by molar-refractivity contribution is 6.30. The minimum absolute atomic E-state index is 0.407. The van der Waals surface area contributed by atoms with Crippen LogP contribution in [0.3, 0.4) is 0 Å². The average Bonchev–Trinajstić information content (AvgIpc) is 2.57. The van der Waals surface area contributed by atoms with Crippen LogP contribution in [0.25, 0.3) is 0 Å². The zero-order valence-electron chi connectivity index (χ0n) is 12.8. The highest BCUT2D eigenvalue weighted by atomic mass is 35.5. The van der Waals surface area contributed by atoms with Gasteiger partial charge in [0.25, 0.3) is 5.91 Å². The molecule has 24 heavy (non-hydrogen) atoms. The standard InChI is InChI=1S/C17H15Cl2NO4/c1-11(24-15-8-4-13(19)5-9-15)17(22)23-10-16(21)20-14-6-2-12(18)3-7-14/h2-9,11H,10H2,1H3,(H,20,21). The van der Waals surface area contributed by atoms with E-state index in [0.717, 1.165) is 0 Å². The molecule has 1 atom stereocenters. The lowest BCUT2D eigenvalue weighted by Gasteiger charge is -2.14. The van der Waals surface area contributed by atoms with Crippen LogP contribution >= 0.6 is 23.2 Å². The van der Waals surface area contributed by atoms with Gasteiger partial charge in [0, 0.05) is 15.7 Å². The van der Waals surface area contributed by atoms with Crippen molar-refractivity contribution in [3.8, 4) is 5.75 Å². The second-order valence-corrected chi connectivity index (χ2v) is 5.75. The van der Waals surface area contributed by atoms with E-state index in [1.165, 1.54) is 6.92 Å². The third-order valence-electron chi connectivity index (χ3n) is 2.93. The summed E-state index contributed by atoms with van der Waals surface area (Å²) in [5, 5.41) is 3.72. The highest BCUT2D eigenvalue weighted by Gasteiger charge is 2.17. The third-order valence-corrected chi connectivity index (χ3v) is 3.44. The molecule has 0 aromatic heterocycles. The Labute approximate surface area is 149 Å². The smallest absolute Gasteiger partial charge is 0.347 e. The normalized spacial score (nSPS) is 11.5. The summed E-state index contributed by atoms with van der Waals surface area (Å²) >= 11 is 11.5. The Hall–Kier alpha value is -2.24. The van der Waals surface area contributed by atoms with Crippen LogP contribution in [0.4, 0.5) is 5.69 Å². The fraction of sp³-hybridized carbons (Fsp3) is 0.176. The number of anilines is 1. The number of halogens is 2. The van der Waals surface area contributed by atoms with Gasteiger partial charge in [-0.2, -0.15) is 0 Å². The van der Waals surface area contributed by atoms with Gasteiger partial charge >= 0.3 is 5.97 Å². The van der Waals surface area contributed by atoms with E-state index in [0.29, 0.717) is 21.5 Å². The molecule has 0 aliphatic rings. The van der Waals surface area contributed by atoms with Crippen molar-refractivity contribution in [3.05, 3.63) is 58.6 Å². The maximum atomic E-state index is 11.8. The van der Waals surface area contributed by atoms with E-state index in [4.69, 9.17) is 32.7 Å². The number of carbonyl (C=O) groups is 2. The Bertz CT molecular complexity index is 702. The lowest BCUT2D eigenvalue weighted by molar-refractivity contribution is -0.153. The van der Waals surface area contributed by atoms with E-state index in [2.05, 4.69) is 5.32 Å². The number of benzene rings is 2. The first-order valence-electron chi connectivity index (χ1n) is 7.08. The molecule has 0 radical (unpaired) electrons. The molecule has 0 fully saturated rings. The molecule has 1 amide bonds. The zero-order valence-corrected chi connectivity index (χ0v) is 14.3. The van der Waals surface area contributed by atoms with Gasteiger partial charge in [0.1, 0.15) is 5.75 Å². The maximum Gasteiger partial charge on any atom is 0.347 e. The molecule has 7 heteroatoms. The maximum absolute atomic E-state index is 11.8. The number of amides is 1. The van der Waals surface area contributed by atoms with Crippen LogP contribution in [-0.2, 0) is 14.3 Å². The van der Waals surface area contributed by atoms with E-state index in [1.807, 2.05) is 0 Å². The van der Waals surface area contributed by atoms with Crippen LogP contribution < -0.4 is 10.1 Å². The van der Waals surface area contributed by atoms with Crippen molar-refractivity contribution in [1.82, 2.24) is 0 Å². The lowest BCUT2D eigenvalue weighted by Crippen LogP contribution is -2.29. The zero-order chi connectivity index (χ0) is 17.5. The Morgan fingerprint density at radius 1 is 1.00 bits per heavy atom. The summed E-state index contributed by atoms with van der Waals surface area (Å²) < 4.78 is 10.3. The molecule has 2 aromatic rings. The minimum Gasteiger partial charge on any atom is -0.479 e. The van der Waals surface area contributed by atoms with Gasteiger partial charge in [0.15, 0.2) is 12.7 Å². The molecule has 1 N–H and O–H groups in total. The second kappa shape index (κ2) is 8.57. The SMILES string of the molecule is CC(Oc1ccc(Cl)cc1)C(=O)OCC(=O)Nc1ccc(Cl)cc1. The van der Waals surface area contributed by atoms with Crippen LogP contribution in [0.5, 0.6) is 5.75 Å². The molecule has 126 valence electrons. The number of nitrogens with one attached hydrogen (secondary N) is 1. The van der Waals surface area contributed by atoms with Gasteiger partial charge in [-0.15, -0.1) is 0 Å². The Balaban J connectivity index is 1.77. The summed E-state index contributed by atoms with van der Waals surface area (Å²) in [6.45, 7) is 1.13. The number of hydrogen-bond donors (Lipinski definition) is 1. The molecule has 1 unspecified atom stereocenters. The van der Waals surface area contributed by atoms with Crippen LogP contribution in [0, 0.1) is 0 Å². The van der Waals surface area contributed by atoms with Gasteiger partial charge in [-0.3, -0.25) is 4.79 Å². The number of rotatable bonds is 6. The predicted molar refractivity (Wildman–Crippen MR) is 92.6 cm³/mol. The van der Waals surface area contributed by atoms with E-state index < -0.39 is 24.6 Å². The van der Waals surface area contributed by atoms with Gasteiger partial charge in [0.2, 0.25) is 0 Å². The van der Waals surface area contributed by atoms with Gasteiger partial charge in [0.05, 0.1) is 0 Å². The molecule has 0 saturated carbocycles. The third kappa shape index (κ3) is 5.76. The summed E-state index contributed by atoms with van der Waals surface area (Å²) in [6.07, 6.45) is -0.852. The van der Waals surface area contributed by atoms with Gasteiger partial charge in [-0.05, 0) is 55.5 Å². The average molecular weight is 368 g/mol. The summed E-state index contributed by atoms with van der Waals surface area (Å²) in [5.41, 5.74) is 0.561. The van der Waals surface area contributed by atoms with Crippen LogP contribution in [0.1, 0.15) is 6.92 Å². The van der Waals surface area contributed by atoms with Crippen molar-refractivity contribution in [2.75, 3.05) is 11.9 Å². The second-order valence-electron chi connectivity index (χ2n) is 4.88. The van der Waals surface area contributed by atoms with E-state index in [1.54, 1.807) is 48.5 Å². The molecule has 2 rings (SSSR count). The van der Waals surface area contributed by atoms with Crippen molar-refractivity contribution in [2.24, 2.45) is 0 Å². The number of ether oxygens (including phenoxy) is 2. The first kappa shape index (κ1) is 18.1. The first-order valence-corrected chi connectivity index (χ1v) is 7.84. The van der Waals surface area contributed by atoms with Crippen LogP contribution in [-0.4, -0.2) is 24.6 Å². The van der Waals surface area contributed by atoms with Crippen molar-refractivity contribution in [1.29, 1.82) is 0 Å². The highest BCUT2D eigenvalue weighted by Crippen LogP contribution is 2.17. The Kier molecular flexibility index (Phi) is 6.46. The fourth-order valence-electron chi connectivity index (χ4n) is 1.75. The monoisotopic (exact) mass is 367 g/mol. The van der Waals surface area contributed by atoms with Crippen LogP contribution in [0.2, 0.25) is 10.0 Å². The molecule has 0 heterocycles. The molecule has 0 bridgehead atoms. The summed E-state index contributed by atoms with van der Waals surface area (Å²) in [5.74, 6) is -0.616. The molecular formula is C17H15Cl2NO4.